The number of anilines is 1. The first kappa shape index (κ1) is 18.0. The van der Waals surface area contributed by atoms with Crippen molar-refractivity contribution in [2.75, 3.05) is 31.1 Å². The predicted octanol–water partition coefficient (Wildman–Crippen LogP) is 4.05. The number of aryl methyl sites for hydroxylation is 1. The van der Waals surface area contributed by atoms with Crippen LogP contribution in [0.1, 0.15) is 37.1 Å². The van der Waals surface area contributed by atoms with Crippen molar-refractivity contribution in [3.63, 3.8) is 0 Å². The topological polar surface area (TPSA) is 29.2 Å². The lowest BCUT2D eigenvalue weighted by Gasteiger charge is -2.36. The molecule has 1 aliphatic carbocycles. The summed E-state index contributed by atoms with van der Waals surface area (Å²) >= 11 is 11.9. The fourth-order valence-corrected chi connectivity index (χ4v) is 4.22. The van der Waals surface area contributed by atoms with E-state index in [0.29, 0.717) is 5.92 Å². The molecule has 7 heteroatoms. The summed E-state index contributed by atoms with van der Waals surface area (Å²) in [5.74, 6) is 1.81. The summed E-state index contributed by atoms with van der Waals surface area (Å²) in [6.07, 6.45) is 2.51. The molecule has 1 aliphatic heterocycles. The van der Waals surface area contributed by atoms with Gasteiger partial charge in [0, 0.05) is 49.4 Å². The van der Waals surface area contributed by atoms with Crippen molar-refractivity contribution < 1.29 is 0 Å². The van der Waals surface area contributed by atoms with E-state index in [-0.39, 0.29) is 0 Å². The molecule has 140 valence electrons. The molecule has 0 radical (unpaired) electrons. The zero-order valence-electron chi connectivity index (χ0n) is 15.5. The molecule has 0 unspecified atom stereocenters. The summed E-state index contributed by atoms with van der Waals surface area (Å²) in [5, 5.41) is 5.65. The minimum atomic E-state index is 0.626. The van der Waals surface area contributed by atoms with Gasteiger partial charge < -0.3 is 9.47 Å². The summed E-state index contributed by atoms with van der Waals surface area (Å²) in [6.45, 7) is 10.0. The molecule has 0 bridgehead atoms. The van der Waals surface area contributed by atoms with Crippen LogP contribution in [0.25, 0.3) is 0 Å². The molecular formula is C19H26ClN5S. The van der Waals surface area contributed by atoms with Gasteiger partial charge in [-0.15, -0.1) is 0 Å². The molecule has 2 aromatic rings. The largest absolute Gasteiger partial charge is 0.369 e. The highest BCUT2D eigenvalue weighted by Gasteiger charge is 2.30. The van der Waals surface area contributed by atoms with E-state index in [1.807, 2.05) is 10.7 Å². The lowest BCUT2D eigenvalue weighted by atomic mass is 10.1. The van der Waals surface area contributed by atoms with Crippen LogP contribution in [0.4, 0.5) is 5.69 Å². The van der Waals surface area contributed by atoms with E-state index in [1.165, 1.54) is 29.9 Å². The Morgan fingerprint density at radius 3 is 2.58 bits per heavy atom. The molecule has 0 spiro atoms. The molecule has 4 rings (SSSR count). The van der Waals surface area contributed by atoms with E-state index in [0.717, 1.165) is 49.2 Å². The number of benzene rings is 1. The second-order valence-electron chi connectivity index (χ2n) is 7.34. The molecule has 1 saturated carbocycles. The van der Waals surface area contributed by atoms with E-state index in [9.17, 15) is 0 Å². The Bertz CT molecular complexity index is 846. The Morgan fingerprint density at radius 2 is 1.92 bits per heavy atom. The van der Waals surface area contributed by atoms with Crippen LogP contribution in [-0.4, -0.2) is 45.4 Å². The standard InChI is InChI=1S/C19H26ClN5S/c1-3-24-18(15-5-6-15)21-25(19(24)26)13-22-8-10-23(11-9-22)17-12-16(20)7-4-14(17)2/h4,7,12,15H,3,5-6,8-11,13H2,1-2H3. The molecule has 1 saturated heterocycles. The lowest BCUT2D eigenvalue weighted by Crippen LogP contribution is -2.47. The molecule has 2 fully saturated rings. The normalized spacial score (nSPS) is 18.5. The van der Waals surface area contributed by atoms with Crippen molar-refractivity contribution in [1.82, 2.24) is 19.2 Å². The molecule has 0 amide bonds. The zero-order chi connectivity index (χ0) is 18.3. The number of rotatable bonds is 5. The second kappa shape index (κ2) is 7.33. The van der Waals surface area contributed by atoms with E-state index in [2.05, 4.69) is 40.3 Å². The van der Waals surface area contributed by atoms with Gasteiger partial charge >= 0.3 is 0 Å². The van der Waals surface area contributed by atoms with Crippen LogP contribution < -0.4 is 4.90 Å². The first-order chi connectivity index (χ1) is 12.6. The predicted molar refractivity (Wildman–Crippen MR) is 109 cm³/mol. The Morgan fingerprint density at radius 1 is 1.19 bits per heavy atom. The number of nitrogens with zero attached hydrogens (tertiary/aromatic N) is 5. The van der Waals surface area contributed by atoms with Crippen molar-refractivity contribution in [1.29, 1.82) is 0 Å². The number of aromatic nitrogens is 3. The Labute approximate surface area is 165 Å². The highest BCUT2D eigenvalue weighted by molar-refractivity contribution is 7.71. The van der Waals surface area contributed by atoms with Crippen LogP contribution in [0.2, 0.25) is 5.02 Å². The van der Waals surface area contributed by atoms with Crippen molar-refractivity contribution in [3.8, 4) is 0 Å². The molecule has 1 aromatic heterocycles. The number of halogens is 1. The van der Waals surface area contributed by atoms with Crippen LogP contribution in [-0.2, 0) is 13.2 Å². The van der Waals surface area contributed by atoms with E-state index in [1.54, 1.807) is 0 Å². The van der Waals surface area contributed by atoms with Crippen LogP contribution in [0, 0.1) is 11.7 Å². The van der Waals surface area contributed by atoms with Crippen LogP contribution in [0.15, 0.2) is 18.2 Å². The fourth-order valence-electron chi connectivity index (χ4n) is 3.73. The molecule has 2 aliphatic rings. The average Bonchev–Trinajstić information content (AvgIpc) is 3.44. The fraction of sp³-hybridized carbons (Fsp3) is 0.579. The molecule has 5 nitrogen and oxygen atoms in total. The summed E-state index contributed by atoms with van der Waals surface area (Å²) in [6, 6.07) is 6.13. The van der Waals surface area contributed by atoms with Gasteiger partial charge in [-0.25, -0.2) is 4.68 Å². The maximum absolute atomic E-state index is 6.19. The number of hydrogen-bond acceptors (Lipinski definition) is 4. The molecule has 0 N–H and O–H groups in total. The Balaban J connectivity index is 1.43. The van der Waals surface area contributed by atoms with E-state index < -0.39 is 0 Å². The van der Waals surface area contributed by atoms with Gasteiger partial charge in [0.1, 0.15) is 5.82 Å². The van der Waals surface area contributed by atoms with Gasteiger partial charge in [0.15, 0.2) is 4.77 Å². The smallest absolute Gasteiger partial charge is 0.199 e. The van der Waals surface area contributed by atoms with Gasteiger partial charge in [0.25, 0.3) is 0 Å². The number of piperazine rings is 1. The van der Waals surface area contributed by atoms with Crippen LogP contribution in [0.3, 0.4) is 0 Å². The summed E-state index contributed by atoms with van der Waals surface area (Å²) < 4.78 is 5.09. The molecule has 1 aromatic carbocycles. The van der Waals surface area contributed by atoms with Crippen LogP contribution >= 0.6 is 23.8 Å². The quantitative estimate of drug-likeness (QED) is 0.719. The maximum Gasteiger partial charge on any atom is 0.199 e. The first-order valence-electron chi connectivity index (χ1n) is 9.48. The van der Waals surface area contributed by atoms with Gasteiger partial charge in [-0.3, -0.25) is 4.90 Å². The van der Waals surface area contributed by atoms with Gasteiger partial charge in [-0.05, 0) is 56.6 Å². The van der Waals surface area contributed by atoms with Crippen LogP contribution in [0.5, 0.6) is 0 Å². The molecule has 0 atom stereocenters. The third kappa shape index (κ3) is 3.55. The SMILES string of the molecule is CCn1c(C2CC2)nn(CN2CCN(c3cc(Cl)ccc3C)CC2)c1=S. The Kier molecular flexibility index (Phi) is 5.08. The van der Waals surface area contributed by atoms with Gasteiger partial charge in [0.2, 0.25) is 0 Å². The minimum Gasteiger partial charge on any atom is -0.369 e. The van der Waals surface area contributed by atoms with Gasteiger partial charge in [-0.2, -0.15) is 5.10 Å². The van der Waals surface area contributed by atoms with Crippen molar-refractivity contribution in [2.45, 2.75) is 45.8 Å². The Hall–Kier alpha value is -1.37. The molecule has 2 heterocycles. The third-order valence-corrected chi connectivity index (χ3v) is 6.09. The monoisotopic (exact) mass is 391 g/mol. The van der Waals surface area contributed by atoms with Crippen molar-refractivity contribution in [3.05, 3.63) is 39.4 Å². The minimum absolute atomic E-state index is 0.626. The second-order valence-corrected chi connectivity index (χ2v) is 8.14. The van der Waals surface area contributed by atoms with E-state index >= 15 is 0 Å². The summed E-state index contributed by atoms with van der Waals surface area (Å²) in [5.41, 5.74) is 2.53. The van der Waals surface area contributed by atoms with Crippen molar-refractivity contribution >= 4 is 29.5 Å². The summed E-state index contributed by atoms with van der Waals surface area (Å²) in [4.78, 5) is 4.87. The average molecular weight is 392 g/mol. The van der Waals surface area contributed by atoms with E-state index in [4.69, 9.17) is 28.9 Å². The van der Waals surface area contributed by atoms with Gasteiger partial charge in [0.05, 0.1) is 6.67 Å². The van der Waals surface area contributed by atoms with Crippen molar-refractivity contribution in [2.24, 2.45) is 0 Å². The zero-order valence-corrected chi connectivity index (χ0v) is 17.1. The lowest BCUT2D eigenvalue weighted by molar-refractivity contribution is 0.193. The highest BCUT2D eigenvalue weighted by Crippen LogP contribution is 2.39. The third-order valence-electron chi connectivity index (χ3n) is 5.43. The maximum atomic E-state index is 6.19. The van der Waals surface area contributed by atoms with Gasteiger partial charge in [-0.1, -0.05) is 17.7 Å². The molecule has 26 heavy (non-hydrogen) atoms. The summed E-state index contributed by atoms with van der Waals surface area (Å²) in [7, 11) is 0. The first-order valence-corrected chi connectivity index (χ1v) is 10.3. The highest BCUT2D eigenvalue weighted by atomic mass is 35.5. The molecular weight excluding hydrogens is 366 g/mol. The number of hydrogen-bond donors (Lipinski definition) is 0.